The zero-order valence-corrected chi connectivity index (χ0v) is 25.1. The summed E-state index contributed by atoms with van der Waals surface area (Å²) in [5.41, 5.74) is 4.18. The van der Waals surface area contributed by atoms with Crippen LogP contribution in [-0.4, -0.2) is 32.0 Å². The fraction of sp³-hybridized carbons (Fsp3) is 0.424. The van der Waals surface area contributed by atoms with Crippen molar-refractivity contribution in [3.8, 4) is 17.1 Å². The van der Waals surface area contributed by atoms with Crippen LogP contribution in [-0.2, 0) is 20.1 Å². The third-order valence-corrected chi connectivity index (χ3v) is 8.62. The Morgan fingerprint density at radius 3 is 1.92 bits per heavy atom. The zero-order valence-electron chi connectivity index (χ0n) is 22.7. The third-order valence-electron chi connectivity index (χ3n) is 8.62. The topological polar surface area (TPSA) is 58.3 Å². The Morgan fingerprint density at radius 1 is 0.789 bits per heavy atom. The summed E-state index contributed by atoms with van der Waals surface area (Å²) in [6.45, 7) is 8.73. The van der Waals surface area contributed by atoms with Gasteiger partial charge >= 0.3 is 0 Å². The van der Waals surface area contributed by atoms with Crippen LogP contribution < -0.4 is 0 Å². The molecule has 1 radical (unpaired) electrons. The Balaban J connectivity index is 0.000000179. The van der Waals surface area contributed by atoms with E-state index in [1.807, 2.05) is 48.7 Å². The van der Waals surface area contributed by atoms with Crippen molar-refractivity contribution in [3.05, 3.63) is 85.1 Å². The first-order valence-electron chi connectivity index (χ1n) is 13.7. The van der Waals surface area contributed by atoms with Gasteiger partial charge in [-0.15, -0.1) is 23.6 Å². The van der Waals surface area contributed by atoms with E-state index in [0.717, 1.165) is 40.8 Å². The minimum Gasteiger partial charge on any atom is -0.392 e. The van der Waals surface area contributed by atoms with E-state index in [1.54, 1.807) is 0 Å². The quantitative estimate of drug-likeness (QED) is 0.233. The van der Waals surface area contributed by atoms with Crippen LogP contribution in [0.25, 0.3) is 28.0 Å². The van der Waals surface area contributed by atoms with Gasteiger partial charge in [0.25, 0.3) is 0 Å². The summed E-state index contributed by atoms with van der Waals surface area (Å²) in [5.74, 6) is 2.58. The smallest absolute Gasteiger partial charge is 0.0626 e. The SMILES string of the molecule is CC(C)[C@H]1CC2C[C@H](C(C)C)C(O)C2C1O.[Ir].[c-]1c(-c2ccccn2)n(-c2ccccc2)c2ccccc12. The molecule has 2 aromatic carbocycles. The first-order chi connectivity index (χ1) is 17.9. The van der Waals surface area contributed by atoms with Gasteiger partial charge in [-0.3, -0.25) is 0 Å². The molecule has 4 atom stereocenters. The van der Waals surface area contributed by atoms with Gasteiger partial charge in [-0.05, 0) is 71.8 Å². The monoisotopic (exact) mass is 688 g/mol. The molecule has 2 N–H and O–H groups in total. The molecule has 6 rings (SSSR count). The molecule has 0 spiro atoms. The molecular formula is C33H39IrN2O2-. The van der Waals surface area contributed by atoms with Crippen molar-refractivity contribution in [3.63, 3.8) is 0 Å². The number of nitrogens with zero attached hydrogens (tertiary/aromatic N) is 2. The van der Waals surface area contributed by atoms with Crippen LogP contribution in [0.2, 0.25) is 0 Å². The molecule has 203 valence electrons. The molecule has 0 saturated heterocycles. The van der Waals surface area contributed by atoms with Gasteiger partial charge in [-0.1, -0.05) is 70.2 Å². The van der Waals surface area contributed by atoms with Crippen molar-refractivity contribution in [2.75, 3.05) is 0 Å². The molecular weight excluding hydrogens is 649 g/mol. The Kier molecular flexibility index (Phi) is 9.26. The van der Waals surface area contributed by atoms with Crippen LogP contribution in [0.3, 0.4) is 0 Å². The normalized spacial score (nSPS) is 26.2. The first kappa shape index (κ1) is 28.7. The van der Waals surface area contributed by atoms with Crippen LogP contribution in [0.15, 0.2) is 79.0 Å². The molecule has 5 heteroatoms. The number of benzene rings is 2. The summed E-state index contributed by atoms with van der Waals surface area (Å²) in [6, 6.07) is 28.1. The fourth-order valence-corrected chi connectivity index (χ4v) is 6.66. The van der Waals surface area contributed by atoms with Crippen molar-refractivity contribution < 1.29 is 30.3 Å². The molecule has 38 heavy (non-hydrogen) atoms. The molecule has 2 fully saturated rings. The molecule has 2 aromatic heterocycles. The number of rotatable bonds is 4. The van der Waals surface area contributed by atoms with E-state index in [0.29, 0.717) is 29.6 Å². The van der Waals surface area contributed by atoms with E-state index in [-0.39, 0.29) is 38.2 Å². The fourth-order valence-electron chi connectivity index (χ4n) is 6.66. The number of aromatic nitrogens is 2. The Bertz CT molecular complexity index is 1280. The van der Waals surface area contributed by atoms with Gasteiger partial charge in [0.05, 0.1) is 12.2 Å². The number of aliphatic hydroxyl groups excluding tert-OH is 2. The minimum absolute atomic E-state index is 0. The second kappa shape index (κ2) is 12.3. The Morgan fingerprint density at radius 2 is 1.37 bits per heavy atom. The number of hydrogen-bond acceptors (Lipinski definition) is 3. The molecule has 4 nitrogen and oxygen atoms in total. The number of aliphatic hydroxyl groups is 2. The molecule has 2 aliphatic rings. The van der Waals surface area contributed by atoms with Crippen molar-refractivity contribution in [1.29, 1.82) is 0 Å². The number of fused-ring (bicyclic) bond motifs is 2. The molecule has 0 amide bonds. The molecule has 4 aromatic rings. The summed E-state index contributed by atoms with van der Waals surface area (Å²) < 4.78 is 2.21. The van der Waals surface area contributed by atoms with Gasteiger partial charge in [-0.2, -0.15) is 0 Å². The van der Waals surface area contributed by atoms with Crippen molar-refractivity contribution in [1.82, 2.24) is 9.55 Å². The van der Waals surface area contributed by atoms with Gasteiger partial charge in [0.2, 0.25) is 0 Å². The standard InChI is InChI=1S/C19H13N2.C14H26O2.Ir/c1-2-9-16(10-3-1)21-18-12-5-4-8-15(18)14-19(21)17-11-6-7-13-20-17;1-7(2)10-5-9-6-11(8(3)4)14(16)12(9)13(10)15;/h1-13H;7-16H,5-6H2,1-4H3;/q-1;;/t;9?,10-,11-,12?,13?,14?;/m.1./s1. The van der Waals surface area contributed by atoms with Gasteiger partial charge in [-0.25, -0.2) is 0 Å². The molecule has 2 saturated carbocycles. The minimum atomic E-state index is -0.274. The summed E-state index contributed by atoms with van der Waals surface area (Å²) in [5, 5.41) is 21.8. The largest absolute Gasteiger partial charge is 0.392 e. The maximum atomic E-state index is 10.3. The summed E-state index contributed by atoms with van der Waals surface area (Å²) in [6.07, 6.45) is 3.50. The average molecular weight is 688 g/mol. The van der Waals surface area contributed by atoms with Gasteiger partial charge in [0.15, 0.2) is 0 Å². The van der Waals surface area contributed by atoms with E-state index in [1.165, 1.54) is 0 Å². The van der Waals surface area contributed by atoms with Crippen LogP contribution >= 0.6 is 0 Å². The number of hydrogen-bond donors (Lipinski definition) is 2. The third kappa shape index (κ3) is 5.53. The van der Waals surface area contributed by atoms with Gasteiger partial charge in [0.1, 0.15) is 0 Å². The summed E-state index contributed by atoms with van der Waals surface area (Å²) in [4.78, 5) is 4.48. The number of pyridine rings is 1. The van der Waals surface area contributed by atoms with Crippen LogP contribution in [0.1, 0.15) is 40.5 Å². The van der Waals surface area contributed by atoms with E-state index in [9.17, 15) is 10.2 Å². The van der Waals surface area contributed by atoms with Gasteiger partial charge in [0, 0.05) is 43.6 Å². The van der Waals surface area contributed by atoms with Crippen LogP contribution in [0.5, 0.6) is 0 Å². The first-order valence-corrected chi connectivity index (χ1v) is 13.7. The Labute approximate surface area is 240 Å². The molecule has 0 bridgehead atoms. The van der Waals surface area contributed by atoms with E-state index >= 15 is 0 Å². The molecule has 2 unspecified atom stereocenters. The summed E-state index contributed by atoms with van der Waals surface area (Å²) in [7, 11) is 0. The predicted molar refractivity (Wildman–Crippen MR) is 150 cm³/mol. The van der Waals surface area contributed by atoms with Crippen molar-refractivity contribution in [2.24, 2.45) is 35.5 Å². The summed E-state index contributed by atoms with van der Waals surface area (Å²) >= 11 is 0. The van der Waals surface area contributed by atoms with Crippen LogP contribution in [0, 0.1) is 41.6 Å². The maximum Gasteiger partial charge on any atom is 0.0626 e. The zero-order chi connectivity index (χ0) is 26.1. The van der Waals surface area contributed by atoms with E-state index < -0.39 is 0 Å². The second-order valence-corrected chi connectivity index (χ2v) is 11.5. The van der Waals surface area contributed by atoms with Crippen molar-refractivity contribution in [2.45, 2.75) is 52.7 Å². The second-order valence-electron chi connectivity index (χ2n) is 11.5. The average Bonchev–Trinajstić information content (AvgIpc) is 3.56. The van der Waals surface area contributed by atoms with Gasteiger partial charge < -0.3 is 19.8 Å². The van der Waals surface area contributed by atoms with Crippen molar-refractivity contribution >= 4 is 10.9 Å². The Hall–Kier alpha value is -2.30. The molecule has 2 heterocycles. The van der Waals surface area contributed by atoms with E-state index in [2.05, 4.69) is 73.6 Å². The maximum absolute atomic E-state index is 10.3. The molecule has 0 aliphatic heterocycles. The van der Waals surface area contributed by atoms with Crippen LogP contribution in [0.4, 0.5) is 0 Å². The molecule has 2 aliphatic carbocycles. The van der Waals surface area contributed by atoms with E-state index in [4.69, 9.17) is 0 Å². The number of para-hydroxylation sites is 2. The predicted octanol–water partition coefficient (Wildman–Crippen LogP) is 6.78.